The molecule has 0 saturated carbocycles. The zero-order chi connectivity index (χ0) is 25.4. The Hall–Kier alpha value is -3.56. The van der Waals surface area contributed by atoms with E-state index >= 15 is 0 Å². The molecule has 0 atom stereocenters. The molecule has 3 aromatic rings. The lowest BCUT2D eigenvalue weighted by atomic mass is 10.1. The number of rotatable bonds is 11. The van der Waals surface area contributed by atoms with Crippen LogP contribution in [0.3, 0.4) is 0 Å². The van der Waals surface area contributed by atoms with Gasteiger partial charge < -0.3 is 14.2 Å². The van der Waals surface area contributed by atoms with Gasteiger partial charge in [-0.05, 0) is 55.5 Å². The molecule has 0 radical (unpaired) electrons. The SMILES string of the molecule is CCCc1nn(-c2ccc(C(F)(F)F)cn2)cc1CCCCOc1cc(OC(C)=O)ccc1OC. The first-order valence-electron chi connectivity index (χ1n) is 11.3. The molecule has 7 nitrogen and oxygen atoms in total. The topological polar surface area (TPSA) is 75.5 Å². The number of benzene rings is 1. The van der Waals surface area contributed by atoms with Crippen LogP contribution in [0.15, 0.2) is 42.7 Å². The van der Waals surface area contributed by atoms with Crippen LogP contribution in [-0.4, -0.2) is 34.5 Å². The molecular formula is C25H28F3N3O4. The van der Waals surface area contributed by atoms with Gasteiger partial charge in [0.05, 0.1) is 25.0 Å². The van der Waals surface area contributed by atoms with E-state index in [9.17, 15) is 18.0 Å². The summed E-state index contributed by atoms with van der Waals surface area (Å²) in [7, 11) is 1.53. The Morgan fingerprint density at radius 2 is 1.89 bits per heavy atom. The first-order chi connectivity index (χ1) is 16.7. The van der Waals surface area contributed by atoms with Crippen LogP contribution in [0.2, 0.25) is 0 Å². The van der Waals surface area contributed by atoms with Crippen molar-refractivity contribution < 1.29 is 32.2 Å². The quantitative estimate of drug-likeness (QED) is 0.198. The third kappa shape index (κ3) is 7.21. The minimum Gasteiger partial charge on any atom is -0.493 e. The Kier molecular flexibility index (Phi) is 8.73. The molecule has 0 aliphatic carbocycles. The molecule has 3 rings (SSSR count). The number of ether oxygens (including phenoxy) is 3. The fourth-order valence-corrected chi connectivity index (χ4v) is 3.51. The number of unbranched alkanes of at least 4 members (excludes halogenated alkanes) is 1. The number of methoxy groups -OCH3 is 1. The van der Waals surface area contributed by atoms with Crippen molar-refractivity contribution in [1.29, 1.82) is 0 Å². The van der Waals surface area contributed by atoms with E-state index in [1.54, 1.807) is 18.2 Å². The van der Waals surface area contributed by atoms with Crippen LogP contribution in [0.25, 0.3) is 5.82 Å². The lowest BCUT2D eigenvalue weighted by Crippen LogP contribution is -2.07. The van der Waals surface area contributed by atoms with Gasteiger partial charge in [0.15, 0.2) is 17.3 Å². The molecule has 0 N–H and O–H groups in total. The molecule has 0 fully saturated rings. The molecule has 188 valence electrons. The number of aromatic nitrogens is 3. The zero-order valence-corrected chi connectivity index (χ0v) is 19.9. The summed E-state index contributed by atoms with van der Waals surface area (Å²) in [5.41, 5.74) is 1.14. The van der Waals surface area contributed by atoms with Crippen molar-refractivity contribution in [3.05, 3.63) is 59.5 Å². The average molecular weight is 492 g/mol. The molecule has 0 aliphatic heterocycles. The fourth-order valence-electron chi connectivity index (χ4n) is 3.51. The summed E-state index contributed by atoms with van der Waals surface area (Å²) in [4.78, 5) is 15.1. The van der Waals surface area contributed by atoms with E-state index in [2.05, 4.69) is 10.1 Å². The monoisotopic (exact) mass is 491 g/mol. The third-order valence-electron chi connectivity index (χ3n) is 5.17. The van der Waals surface area contributed by atoms with Crippen molar-refractivity contribution in [2.24, 2.45) is 0 Å². The van der Waals surface area contributed by atoms with Gasteiger partial charge in [0.2, 0.25) is 0 Å². The van der Waals surface area contributed by atoms with Gasteiger partial charge in [0.1, 0.15) is 5.75 Å². The number of pyridine rings is 1. The molecule has 10 heteroatoms. The Bertz CT molecular complexity index is 1130. The van der Waals surface area contributed by atoms with E-state index < -0.39 is 17.7 Å². The number of esters is 1. The molecule has 0 spiro atoms. The van der Waals surface area contributed by atoms with Gasteiger partial charge in [0.25, 0.3) is 0 Å². The van der Waals surface area contributed by atoms with E-state index in [0.29, 0.717) is 29.7 Å². The van der Waals surface area contributed by atoms with Crippen LogP contribution in [0, 0.1) is 0 Å². The predicted octanol–water partition coefficient (Wildman–Crippen LogP) is 5.57. The second kappa shape index (κ2) is 11.7. The predicted molar refractivity (Wildman–Crippen MR) is 123 cm³/mol. The lowest BCUT2D eigenvalue weighted by Gasteiger charge is -2.12. The summed E-state index contributed by atoms with van der Waals surface area (Å²) < 4.78 is 56.2. The molecule has 2 heterocycles. The van der Waals surface area contributed by atoms with Crippen LogP contribution in [0.5, 0.6) is 17.2 Å². The normalized spacial score (nSPS) is 11.4. The summed E-state index contributed by atoms with van der Waals surface area (Å²) in [5.74, 6) is 1.32. The highest BCUT2D eigenvalue weighted by Gasteiger charge is 2.30. The van der Waals surface area contributed by atoms with E-state index in [1.165, 1.54) is 24.8 Å². The number of halogens is 3. The van der Waals surface area contributed by atoms with Crippen molar-refractivity contribution in [2.75, 3.05) is 13.7 Å². The van der Waals surface area contributed by atoms with Gasteiger partial charge in [-0.1, -0.05) is 13.3 Å². The molecule has 0 saturated heterocycles. The van der Waals surface area contributed by atoms with E-state index in [1.807, 2.05) is 13.1 Å². The number of carbonyl (C=O) groups excluding carboxylic acids is 1. The molecule has 35 heavy (non-hydrogen) atoms. The molecule has 0 unspecified atom stereocenters. The number of hydrogen-bond acceptors (Lipinski definition) is 6. The average Bonchev–Trinajstić information content (AvgIpc) is 3.21. The second-order valence-electron chi connectivity index (χ2n) is 7.91. The molecule has 0 amide bonds. The zero-order valence-electron chi connectivity index (χ0n) is 19.9. The van der Waals surface area contributed by atoms with E-state index in [-0.39, 0.29) is 0 Å². The van der Waals surface area contributed by atoms with Crippen molar-refractivity contribution >= 4 is 5.97 Å². The Morgan fingerprint density at radius 1 is 1.09 bits per heavy atom. The van der Waals surface area contributed by atoms with Crippen LogP contribution in [-0.2, 0) is 23.8 Å². The smallest absolute Gasteiger partial charge is 0.417 e. The molecule has 2 aromatic heterocycles. The maximum absolute atomic E-state index is 12.8. The van der Waals surface area contributed by atoms with Crippen LogP contribution in [0.1, 0.15) is 49.9 Å². The largest absolute Gasteiger partial charge is 0.493 e. The molecule has 0 aliphatic rings. The van der Waals surface area contributed by atoms with Crippen LogP contribution < -0.4 is 14.2 Å². The number of carbonyl (C=O) groups is 1. The van der Waals surface area contributed by atoms with Gasteiger partial charge in [-0.2, -0.15) is 18.3 Å². The summed E-state index contributed by atoms with van der Waals surface area (Å²) >= 11 is 0. The molecule has 0 bridgehead atoms. The molecule has 1 aromatic carbocycles. The maximum Gasteiger partial charge on any atom is 0.417 e. The summed E-state index contributed by atoms with van der Waals surface area (Å²) in [6, 6.07) is 7.24. The maximum atomic E-state index is 12.8. The Balaban J connectivity index is 1.60. The highest BCUT2D eigenvalue weighted by Crippen LogP contribution is 2.32. The number of alkyl halides is 3. The highest BCUT2D eigenvalue weighted by molar-refractivity contribution is 5.69. The minimum absolute atomic E-state index is 0.338. The second-order valence-corrected chi connectivity index (χ2v) is 7.91. The summed E-state index contributed by atoms with van der Waals surface area (Å²) in [6.07, 6.45) is 2.17. The molecular weight excluding hydrogens is 463 g/mol. The number of aryl methyl sites for hydroxylation is 2. The third-order valence-corrected chi connectivity index (χ3v) is 5.17. The van der Waals surface area contributed by atoms with Crippen molar-refractivity contribution in [3.63, 3.8) is 0 Å². The van der Waals surface area contributed by atoms with Crippen molar-refractivity contribution in [2.45, 2.75) is 52.1 Å². The van der Waals surface area contributed by atoms with Gasteiger partial charge in [-0.3, -0.25) is 4.79 Å². The number of nitrogens with zero attached hydrogens (tertiary/aromatic N) is 3. The Morgan fingerprint density at radius 3 is 2.51 bits per heavy atom. The summed E-state index contributed by atoms with van der Waals surface area (Å²) in [5, 5.41) is 4.55. The van der Waals surface area contributed by atoms with Crippen LogP contribution >= 0.6 is 0 Å². The Labute approximate surface area is 201 Å². The van der Waals surface area contributed by atoms with Crippen molar-refractivity contribution in [3.8, 4) is 23.1 Å². The summed E-state index contributed by atoms with van der Waals surface area (Å²) in [6.45, 7) is 3.80. The first kappa shape index (κ1) is 26.1. The number of hydrogen-bond donors (Lipinski definition) is 0. The van der Waals surface area contributed by atoms with Gasteiger partial charge in [0, 0.05) is 25.4 Å². The fraction of sp³-hybridized carbons (Fsp3) is 0.400. The van der Waals surface area contributed by atoms with Gasteiger partial charge >= 0.3 is 12.1 Å². The van der Waals surface area contributed by atoms with Gasteiger partial charge in [-0.25, -0.2) is 9.67 Å². The standard InChI is InChI=1S/C25H28F3N3O4/c1-4-7-21-18(16-31(30-21)24-12-9-19(15-29-24)25(26,27)28)8-5-6-13-34-23-14-20(35-17(2)32)10-11-22(23)33-3/h9-12,14-16H,4-8,13H2,1-3H3. The van der Waals surface area contributed by atoms with E-state index in [0.717, 1.165) is 55.6 Å². The van der Waals surface area contributed by atoms with Crippen LogP contribution in [0.4, 0.5) is 13.2 Å². The van der Waals surface area contributed by atoms with E-state index in [4.69, 9.17) is 14.2 Å². The lowest BCUT2D eigenvalue weighted by molar-refractivity contribution is -0.138. The first-order valence-corrected chi connectivity index (χ1v) is 11.3. The van der Waals surface area contributed by atoms with Crippen molar-refractivity contribution in [1.82, 2.24) is 14.8 Å². The highest BCUT2D eigenvalue weighted by atomic mass is 19.4. The van der Waals surface area contributed by atoms with Gasteiger partial charge in [-0.15, -0.1) is 0 Å². The minimum atomic E-state index is -4.43.